The molecule has 0 aromatic heterocycles. The summed E-state index contributed by atoms with van der Waals surface area (Å²) in [5, 5.41) is 3.80. The van der Waals surface area contributed by atoms with Gasteiger partial charge in [-0.1, -0.05) is 13.8 Å². The molecule has 2 rings (SSSR count). The van der Waals surface area contributed by atoms with Crippen LogP contribution in [-0.4, -0.2) is 30.1 Å². The van der Waals surface area contributed by atoms with Crippen LogP contribution in [0.15, 0.2) is 0 Å². The lowest BCUT2D eigenvalue weighted by Crippen LogP contribution is -2.65. The normalized spacial score (nSPS) is 30.8. The van der Waals surface area contributed by atoms with Crippen LogP contribution in [0.2, 0.25) is 0 Å². The van der Waals surface area contributed by atoms with Gasteiger partial charge >= 0.3 is 0 Å². The van der Waals surface area contributed by atoms with E-state index >= 15 is 0 Å². The van der Waals surface area contributed by atoms with Crippen LogP contribution in [0, 0.1) is 0 Å². The van der Waals surface area contributed by atoms with E-state index in [9.17, 15) is 0 Å². The molecule has 0 radical (unpaired) electrons. The van der Waals surface area contributed by atoms with Crippen molar-refractivity contribution in [3.63, 3.8) is 0 Å². The summed E-state index contributed by atoms with van der Waals surface area (Å²) < 4.78 is 11.8. The van der Waals surface area contributed by atoms with Crippen LogP contribution < -0.4 is 5.32 Å². The summed E-state index contributed by atoms with van der Waals surface area (Å²) in [6.07, 6.45) is 4.18. The Hall–Kier alpha value is -0.120. The average Bonchev–Trinajstić information content (AvgIpc) is 2.63. The van der Waals surface area contributed by atoms with Gasteiger partial charge in [0, 0.05) is 23.9 Å². The summed E-state index contributed by atoms with van der Waals surface area (Å²) in [6.45, 7) is 10.5. The van der Waals surface area contributed by atoms with E-state index in [-0.39, 0.29) is 16.9 Å². The van der Waals surface area contributed by atoms with Gasteiger partial charge in [-0.25, -0.2) is 0 Å². The molecule has 0 aliphatic carbocycles. The molecule has 16 heavy (non-hydrogen) atoms. The number of piperidine rings is 1. The van der Waals surface area contributed by atoms with Crippen LogP contribution in [0.4, 0.5) is 0 Å². The maximum atomic E-state index is 5.91. The molecule has 0 atom stereocenters. The quantitative estimate of drug-likeness (QED) is 0.786. The van der Waals surface area contributed by atoms with Gasteiger partial charge in [0.15, 0.2) is 5.79 Å². The van der Waals surface area contributed by atoms with E-state index in [0.29, 0.717) is 0 Å². The molecule has 0 amide bonds. The number of hydrogen-bond donors (Lipinski definition) is 1. The lowest BCUT2D eigenvalue weighted by atomic mass is 9.74. The Labute approximate surface area is 98.9 Å². The zero-order chi connectivity index (χ0) is 11.9. The molecule has 3 nitrogen and oxygen atoms in total. The van der Waals surface area contributed by atoms with Gasteiger partial charge in [0.25, 0.3) is 0 Å². The second kappa shape index (κ2) is 3.97. The highest BCUT2D eigenvalue weighted by Crippen LogP contribution is 2.43. The second-order valence-electron chi connectivity index (χ2n) is 5.96. The van der Waals surface area contributed by atoms with Crippen molar-refractivity contribution < 1.29 is 9.47 Å². The molecule has 94 valence electrons. The van der Waals surface area contributed by atoms with E-state index in [0.717, 1.165) is 38.9 Å². The highest BCUT2D eigenvalue weighted by Gasteiger charge is 2.52. The predicted octanol–water partition coefficient (Wildman–Crippen LogP) is 2.45. The Balaban J connectivity index is 2.24. The van der Waals surface area contributed by atoms with Crippen LogP contribution in [-0.2, 0) is 9.47 Å². The molecule has 0 bridgehead atoms. The Bertz CT molecular complexity index is 245. The van der Waals surface area contributed by atoms with Crippen molar-refractivity contribution in [1.29, 1.82) is 0 Å². The Kier molecular flexibility index (Phi) is 3.06. The highest BCUT2D eigenvalue weighted by atomic mass is 16.7. The standard InChI is InChI=1S/C13H25NO2/c1-5-12(6-2)10-13(15-7-8-16-13)9-11(3,4)14-12/h14H,5-10H2,1-4H3. The summed E-state index contributed by atoms with van der Waals surface area (Å²) in [7, 11) is 0. The summed E-state index contributed by atoms with van der Waals surface area (Å²) >= 11 is 0. The smallest absolute Gasteiger partial charge is 0.171 e. The van der Waals surface area contributed by atoms with Crippen molar-refractivity contribution in [2.75, 3.05) is 13.2 Å². The molecular weight excluding hydrogens is 202 g/mol. The van der Waals surface area contributed by atoms with Crippen LogP contribution >= 0.6 is 0 Å². The third-order valence-corrected chi connectivity index (χ3v) is 4.09. The third kappa shape index (κ3) is 2.13. The minimum absolute atomic E-state index is 0.0919. The minimum atomic E-state index is -0.319. The predicted molar refractivity (Wildman–Crippen MR) is 64.4 cm³/mol. The van der Waals surface area contributed by atoms with Crippen molar-refractivity contribution in [1.82, 2.24) is 5.32 Å². The zero-order valence-corrected chi connectivity index (χ0v) is 11.1. The van der Waals surface area contributed by atoms with Gasteiger partial charge in [0.05, 0.1) is 13.2 Å². The summed E-state index contributed by atoms with van der Waals surface area (Å²) in [6, 6.07) is 0. The summed E-state index contributed by atoms with van der Waals surface area (Å²) in [4.78, 5) is 0. The molecular formula is C13H25NO2. The monoisotopic (exact) mass is 227 g/mol. The molecule has 0 aromatic rings. The zero-order valence-electron chi connectivity index (χ0n) is 11.1. The van der Waals surface area contributed by atoms with E-state index < -0.39 is 0 Å². The fourth-order valence-corrected chi connectivity index (χ4v) is 3.44. The fraction of sp³-hybridized carbons (Fsp3) is 1.00. The fourth-order valence-electron chi connectivity index (χ4n) is 3.44. The van der Waals surface area contributed by atoms with Crippen LogP contribution in [0.3, 0.4) is 0 Å². The van der Waals surface area contributed by atoms with Crippen molar-refractivity contribution in [3.05, 3.63) is 0 Å². The summed E-state index contributed by atoms with van der Waals surface area (Å²) in [5.74, 6) is -0.319. The summed E-state index contributed by atoms with van der Waals surface area (Å²) in [5.41, 5.74) is 0.265. The topological polar surface area (TPSA) is 30.5 Å². The molecule has 0 unspecified atom stereocenters. The molecule has 1 N–H and O–H groups in total. The van der Waals surface area contributed by atoms with Gasteiger partial charge in [0.2, 0.25) is 0 Å². The molecule has 2 heterocycles. The molecule has 0 aromatic carbocycles. The number of nitrogens with one attached hydrogen (secondary N) is 1. The SMILES string of the molecule is CCC1(CC)CC2(CC(C)(C)N1)OCCO2. The Morgan fingerprint density at radius 1 is 1.00 bits per heavy atom. The second-order valence-corrected chi connectivity index (χ2v) is 5.96. The first-order valence-electron chi connectivity index (χ1n) is 6.52. The van der Waals surface area contributed by atoms with Crippen molar-refractivity contribution in [2.24, 2.45) is 0 Å². The highest BCUT2D eigenvalue weighted by molar-refractivity contribution is 5.05. The van der Waals surface area contributed by atoms with Crippen LogP contribution in [0.25, 0.3) is 0 Å². The first-order valence-corrected chi connectivity index (χ1v) is 6.52. The molecule has 2 aliphatic rings. The van der Waals surface area contributed by atoms with E-state index in [4.69, 9.17) is 9.47 Å². The molecule has 2 saturated heterocycles. The van der Waals surface area contributed by atoms with Crippen LogP contribution in [0.5, 0.6) is 0 Å². The third-order valence-electron chi connectivity index (χ3n) is 4.09. The van der Waals surface area contributed by atoms with Crippen LogP contribution in [0.1, 0.15) is 53.4 Å². The van der Waals surface area contributed by atoms with Gasteiger partial charge in [-0.2, -0.15) is 0 Å². The van der Waals surface area contributed by atoms with Crippen molar-refractivity contribution in [2.45, 2.75) is 70.2 Å². The molecule has 3 heteroatoms. The van der Waals surface area contributed by atoms with Gasteiger partial charge in [-0.3, -0.25) is 0 Å². The average molecular weight is 227 g/mol. The Morgan fingerprint density at radius 2 is 1.56 bits per heavy atom. The minimum Gasteiger partial charge on any atom is -0.347 e. The largest absolute Gasteiger partial charge is 0.347 e. The lowest BCUT2D eigenvalue weighted by Gasteiger charge is -2.52. The van der Waals surface area contributed by atoms with Gasteiger partial charge in [-0.05, 0) is 26.7 Å². The van der Waals surface area contributed by atoms with Gasteiger partial charge in [-0.15, -0.1) is 0 Å². The number of rotatable bonds is 2. The van der Waals surface area contributed by atoms with Crippen molar-refractivity contribution >= 4 is 0 Å². The molecule has 0 saturated carbocycles. The first kappa shape index (κ1) is 12.3. The maximum Gasteiger partial charge on any atom is 0.171 e. The van der Waals surface area contributed by atoms with E-state index in [2.05, 4.69) is 33.0 Å². The van der Waals surface area contributed by atoms with E-state index in [1.54, 1.807) is 0 Å². The van der Waals surface area contributed by atoms with Gasteiger partial charge < -0.3 is 14.8 Å². The number of hydrogen-bond acceptors (Lipinski definition) is 3. The molecule has 2 aliphatic heterocycles. The maximum absolute atomic E-state index is 5.91. The van der Waals surface area contributed by atoms with Gasteiger partial charge in [0.1, 0.15) is 0 Å². The van der Waals surface area contributed by atoms with Crippen molar-refractivity contribution in [3.8, 4) is 0 Å². The lowest BCUT2D eigenvalue weighted by molar-refractivity contribution is -0.209. The molecule has 2 fully saturated rings. The number of ether oxygens (including phenoxy) is 2. The molecule has 1 spiro atoms. The Morgan fingerprint density at radius 3 is 2.06 bits per heavy atom. The van der Waals surface area contributed by atoms with E-state index in [1.165, 1.54) is 0 Å². The van der Waals surface area contributed by atoms with E-state index in [1.807, 2.05) is 0 Å². The first-order chi connectivity index (χ1) is 7.45.